The number of primary amides is 1. The first-order valence-corrected chi connectivity index (χ1v) is 8.56. The van der Waals surface area contributed by atoms with Crippen LogP contribution < -0.4 is 21.4 Å². The molecule has 0 aliphatic rings. The first kappa shape index (κ1) is 18.9. The largest absolute Gasteiger partial charge is 0.406 e. The molecule has 0 atom stereocenters. The minimum Gasteiger partial charge on any atom is -0.406 e. The number of hydrogen-bond donors (Lipinski definition) is 2. The fourth-order valence-corrected chi connectivity index (χ4v) is 2.49. The third kappa shape index (κ3) is 4.45. The summed E-state index contributed by atoms with van der Waals surface area (Å²) in [5.74, 6) is -1.14. The van der Waals surface area contributed by atoms with Gasteiger partial charge in [-0.15, -0.1) is 0 Å². The summed E-state index contributed by atoms with van der Waals surface area (Å²) in [6.45, 7) is 2.18. The van der Waals surface area contributed by atoms with Gasteiger partial charge in [0.2, 0.25) is 5.91 Å². The predicted octanol–water partition coefficient (Wildman–Crippen LogP) is 2.14. The van der Waals surface area contributed by atoms with Gasteiger partial charge in [0, 0.05) is 17.4 Å². The molecule has 2 aromatic carbocycles. The number of aryl methyl sites for hydroxylation is 1. The summed E-state index contributed by atoms with van der Waals surface area (Å²) < 4.78 is 1.03. The van der Waals surface area contributed by atoms with Crippen molar-refractivity contribution in [3.05, 3.63) is 99.5 Å². The molecule has 0 aliphatic carbocycles. The van der Waals surface area contributed by atoms with Crippen LogP contribution in [0.5, 0.6) is 0 Å². The Morgan fingerprint density at radius 2 is 1.71 bits per heavy atom. The zero-order valence-corrected chi connectivity index (χ0v) is 15.2. The molecule has 142 valence electrons. The summed E-state index contributed by atoms with van der Waals surface area (Å²) in [5.41, 5.74) is 7.35. The Morgan fingerprint density at radius 3 is 2.36 bits per heavy atom. The molecular weight excluding hydrogens is 358 g/mol. The van der Waals surface area contributed by atoms with Crippen molar-refractivity contribution in [2.75, 3.05) is 5.32 Å². The van der Waals surface area contributed by atoms with Gasteiger partial charge in [-0.05, 0) is 48.9 Å². The molecule has 1 heterocycles. The first-order chi connectivity index (χ1) is 13.4. The van der Waals surface area contributed by atoms with Crippen molar-refractivity contribution >= 4 is 17.5 Å². The van der Waals surface area contributed by atoms with E-state index in [2.05, 4.69) is 5.32 Å². The van der Waals surface area contributed by atoms with Crippen molar-refractivity contribution in [3.63, 3.8) is 0 Å². The second kappa shape index (κ2) is 8.22. The van der Waals surface area contributed by atoms with Crippen LogP contribution in [0.2, 0.25) is 0 Å². The molecular formula is C21H19N3O4. The number of amides is 2. The van der Waals surface area contributed by atoms with E-state index in [0.29, 0.717) is 11.3 Å². The molecule has 0 saturated heterocycles. The standard InChI is InChI=1S/C21H19N3O4/c1-14-4-6-15(7-5-14)13-28-24-12-2-3-18(21(24)27)20(26)23-17-10-8-16(9-11-17)19(22)25/h2-12H,13H2,1H3,(H2,22,25)(H,23,26). The molecule has 0 fully saturated rings. The van der Waals surface area contributed by atoms with Gasteiger partial charge in [-0.2, -0.15) is 4.73 Å². The molecule has 3 N–H and O–H groups in total. The van der Waals surface area contributed by atoms with Crippen LogP contribution in [0.1, 0.15) is 31.8 Å². The number of nitrogens with one attached hydrogen (secondary N) is 1. The van der Waals surface area contributed by atoms with Gasteiger partial charge in [-0.25, -0.2) is 0 Å². The Balaban J connectivity index is 1.72. The summed E-state index contributed by atoms with van der Waals surface area (Å²) >= 11 is 0. The minimum atomic E-state index is -0.579. The predicted molar refractivity (Wildman–Crippen MR) is 105 cm³/mol. The highest BCUT2D eigenvalue weighted by Gasteiger charge is 2.13. The van der Waals surface area contributed by atoms with Crippen LogP contribution in [-0.4, -0.2) is 16.5 Å². The van der Waals surface area contributed by atoms with Crippen LogP contribution in [0.4, 0.5) is 5.69 Å². The zero-order valence-electron chi connectivity index (χ0n) is 15.2. The van der Waals surface area contributed by atoms with Gasteiger partial charge in [0.05, 0.1) is 0 Å². The van der Waals surface area contributed by atoms with E-state index in [9.17, 15) is 14.4 Å². The number of anilines is 1. The second-order valence-electron chi connectivity index (χ2n) is 6.21. The number of carbonyl (C=O) groups is 2. The van der Waals surface area contributed by atoms with Gasteiger partial charge in [0.25, 0.3) is 11.5 Å². The average Bonchev–Trinajstić information content (AvgIpc) is 2.69. The van der Waals surface area contributed by atoms with E-state index < -0.39 is 17.4 Å². The zero-order chi connectivity index (χ0) is 20.1. The van der Waals surface area contributed by atoms with Gasteiger partial charge in [0.1, 0.15) is 12.2 Å². The molecule has 0 bridgehead atoms. The van der Waals surface area contributed by atoms with E-state index >= 15 is 0 Å². The number of aromatic nitrogens is 1. The number of nitrogens with zero attached hydrogens (tertiary/aromatic N) is 1. The lowest BCUT2D eigenvalue weighted by atomic mass is 10.2. The average molecular weight is 377 g/mol. The quantitative estimate of drug-likeness (QED) is 0.687. The lowest BCUT2D eigenvalue weighted by Crippen LogP contribution is -2.32. The highest BCUT2D eigenvalue weighted by molar-refractivity contribution is 6.04. The number of hydrogen-bond acceptors (Lipinski definition) is 4. The Kier molecular flexibility index (Phi) is 5.55. The van der Waals surface area contributed by atoms with E-state index in [4.69, 9.17) is 10.6 Å². The minimum absolute atomic E-state index is 0.0645. The molecule has 0 spiro atoms. The van der Waals surface area contributed by atoms with Crippen LogP contribution >= 0.6 is 0 Å². The van der Waals surface area contributed by atoms with Gasteiger partial charge in [-0.3, -0.25) is 14.4 Å². The van der Waals surface area contributed by atoms with Crippen molar-refractivity contribution in [3.8, 4) is 0 Å². The monoisotopic (exact) mass is 377 g/mol. The Labute approximate surface area is 161 Å². The topological polar surface area (TPSA) is 103 Å². The maximum absolute atomic E-state index is 12.5. The maximum atomic E-state index is 12.5. The summed E-state index contributed by atoms with van der Waals surface area (Å²) in [5, 5.41) is 2.61. The van der Waals surface area contributed by atoms with Crippen LogP contribution in [0, 0.1) is 6.92 Å². The van der Waals surface area contributed by atoms with Crippen molar-refractivity contribution in [1.82, 2.24) is 4.73 Å². The number of pyridine rings is 1. The van der Waals surface area contributed by atoms with Gasteiger partial charge >= 0.3 is 0 Å². The fraction of sp³-hybridized carbons (Fsp3) is 0.0952. The number of benzene rings is 2. The van der Waals surface area contributed by atoms with Crippen LogP contribution in [-0.2, 0) is 6.61 Å². The number of carbonyl (C=O) groups excluding carboxylic acids is 2. The molecule has 0 radical (unpaired) electrons. The number of rotatable bonds is 6. The maximum Gasteiger partial charge on any atom is 0.295 e. The lowest BCUT2D eigenvalue weighted by Gasteiger charge is -2.10. The van der Waals surface area contributed by atoms with E-state index in [0.717, 1.165) is 15.9 Å². The van der Waals surface area contributed by atoms with Gasteiger partial charge in [-0.1, -0.05) is 29.8 Å². The Bertz CT molecular complexity index is 1050. The molecule has 0 aliphatic heterocycles. The first-order valence-electron chi connectivity index (χ1n) is 8.56. The summed E-state index contributed by atoms with van der Waals surface area (Å²) in [4.78, 5) is 41.6. The Hall–Kier alpha value is -3.87. The van der Waals surface area contributed by atoms with E-state index in [1.807, 2.05) is 31.2 Å². The van der Waals surface area contributed by atoms with Crippen LogP contribution in [0.15, 0.2) is 71.7 Å². The van der Waals surface area contributed by atoms with E-state index in [1.165, 1.54) is 36.5 Å². The summed E-state index contributed by atoms with van der Waals surface area (Å²) in [6.07, 6.45) is 1.45. The summed E-state index contributed by atoms with van der Waals surface area (Å²) in [7, 11) is 0. The highest BCUT2D eigenvalue weighted by Crippen LogP contribution is 2.10. The van der Waals surface area contributed by atoms with Crippen LogP contribution in [0.3, 0.4) is 0 Å². The normalized spacial score (nSPS) is 10.3. The molecule has 7 heteroatoms. The van der Waals surface area contributed by atoms with E-state index in [1.54, 1.807) is 6.07 Å². The van der Waals surface area contributed by atoms with Crippen molar-refractivity contribution in [2.24, 2.45) is 5.73 Å². The lowest BCUT2D eigenvalue weighted by molar-refractivity contribution is 0.0863. The molecule has 28 heavy (non-hydrogen) atoms. The van der Waals surface area contributed by atoms with Crippen LogP contribution in [0.25, 0.3) is 0 Å². The van der Waals surface area contributed by atoms with Crippen molar-refractivity contribution < 1.29 is 14.4 Å². The van der Waals surface area contributed by atoms with Gasteiger partial charge in [0.15, 0.2) is 0 Å². The SMILES string of the molecule is Cc1ccc(COn2cccc(C(=O)Nc3ccc(C(N)=O)cc3)c2=O)cc1. The van der Waals surface area contributed by atoms with Gasteiger partial charge < -0.3 is 15.9 Å². The third-order valence-electron chi connectivity index (χ3n) is 4.08. The Morgan fingerprint density at radius 1 is 1.04 bits per heavy atom. The molecule has 1 aromatic heterocycles. The van der Waals surface area contributed by atoms with Crippen molar-refractivity contribution in [2.45, 2.75) is 13.5 Å². The smallest absolute Gasteiger partial charge is 0.295 e. The molecule has 0 unspecified atom stereocenters. The summed E-state index contributed by atoms with van der Waals surface area (Å²) in [6, 6.07) is 16.8. The number of nitrogens with two attached hydrogens (primary N) is 1. The molecule has 3 aromatic rings. The second-order valence-corrected chi connectivity index (χ2v) is 6.21. The molecule has 3 rings (SSSR count). The molecule has 7 nitrogen and oxygen atoms in total. The third-order valence-corrected chi connectivity index (χ3v) is 4.08. The highest BCUT2D eigenvalue weighted by atomic mass is 16.7. The molecule has 0 saturated carbocycles. The van der Waals surface area contributed by atoms with E-state index in [-0.39, 0.29) is 12.2 Å². The molecule has 2 amide bonds. The fourth-order valence-electron chi connectivity index (χ4n) is 2.49. The van der Waals surface area contributed by atoms with Crippen molar-refractivity contribution in [1.29, 1.82) is 0 Å².